The molecule has 10 rings (SSSR count). The van der Waals surface area contributed by atoms with E-state index >= 15 is 0 Å². The minimum Gasteiger partial charge on any atom is -0.510 e. The van der Waals surface area contributed by atoms with Crippen molar-refractivity contribution in [2.24, 2.45) is 0 Å². The number of nitrogens with zero attached hydrogens (tertiary/aromatic N) is 4. The molecule has 3 aromatic heterocycles. The van der Waals surface area contributed by atoms with Crippen molar-refractivity contribution >= 4 is 46.1 Å². The van der Waals surface area contributed by atoms with Crippen LogP contribution in [-0.2, 0) is 26.5 Å². The van der Waals surface area contributed by atoms with Crippen LogP contribution in [0, 0.1) is 18.5 Å². The summed E-state index contributed by atoms with van der Waals surface area (Å²) in [4.78, 5) is 4.92. The smallest absolute Gasteiger partial charge is 0.268 e. The minimum atomic E-state index is -1.73. The van der Waals surface area contributed by atoms with Gasteiger partial charge in [0.05, 0.1) is 38.5 Å². The van der Waals surface area contributed by atoms with Gasteiger partial charge in [0.1, 0.15) is 5.82 Å². The average Bonchev–Trinajstić information content (AvgIpc) is 3.95. The summed E-state index contributed by atoms with van der Waals surface area (Å²) in [5.41, 5.74) is 4.75. The summed E-state index contributed by atoms with van der Waals surface area (Å²) >= 11 is 0. The van der Waals surface area contributed by atoms with Crippen LogP contribution in [0.2, 0.25) is 18.1 Å². The Labute approximate surface area is 412 Å². The number of imidazole rings is 1. The minimum absolute atomic E-state index is 0. The van der Waals surface area contributed by atoms with Crippen molar-refractivity contribution in [1.82, 2.24) is 14.1 Å². The van der Waals surface area contributed by atoms with Gasteiger partial charge in [-0.05, 0) is 62.5 Å². The average molecular weight is 1050 g/mol. The van der Waals surface area contributed by atoms with E-state index in [1.807, 2.05) is 48.7 Å². The maximum absolute atomic E-state index is 9.04. The topological polar surface area (TPSA) is 35.9 Å². The Kier molecular flexibility index (Phi) is 9.15. The number of hydrogen-bond acceptors (Lipinski definition) is 2. The van der Waals surface area contributed by atoms with Gasteiger partial charge in [0, 0.05) is 44.3 Å². The van der Waals surface area contributed by atoms with E-state index < -0.39 is 68.5 Å². The molecule has 0 saturated heterocycles. The van der Waals surface area contributed by atoms with Crippen LogP contribution in [-0.4, -0.2) is 22.2 Å². The summed E-state index contributed by atoms with van der Waals surface area (Å²) in [6, 6.07) is 38.1. The number of para-hydroxylation sites is 3. The van der Waals surface area contributed by atoms with E-state index in [2.05, 4.69) is 101 Å². The standard InChI is InChI=1S/C58H52N4OSi.Pt/c1-7-64(8-2,9-3)47-31-33-52-51(39-47)50-32-30-46(38-55(50)62(52)56-36-43(34-35-59-56)58(4,5)6)63-45-25-18-24-44(37-45)60-40-61(54-29-17-16-28-53(54)60)57-48(41-20-12-10-13-21-41)26-19-27-49(57)42-22-14-11-15-23-42;/h10-36,39H,7-9H2,1-6H3;/q-2;/i10D,11D,12D,13D,14D,15D,20D,21D,22D,23D;. The molecular formula is C58H52N4OPtSi-2. The first-order valence-electron chi connectivity index (χ1n) is 26.7. The van der Waals surface area contributed by atoms with Crippen LogP contribution in [0.3, 0.4) is 0 Å². The van der Waals surface area contributed by atoms with Crippen LogP contribution in [0.5, 0.6) is 11.5 Å². The van der Waals surface area contributed by atoms with E-state index in [-0.39, 0.29) is 54.4 Å². The molecule has 0 atom stereocenters. The molecule has 0 radical (unpaired) electrons. The van der Waals surface area contributed by atoms with Crippen LogP contribution in [0.4, 0.5) is 0 Å². The second kappa shape index (κ2) is 17.9. The number of hydrogen-bond donors (Lipinski definition) is 0. The van der Waals surface area contributed by atoms with E-state index in [0.29, 0.717) is 28.2 Å². The first-order valence-corrected chi connectivity index (χ1v) is 24.4. The molecule has 0 amide bonds. The molecule has 0 unspecified atom stereocenters. The molecule has 10 aromatic rings. The van der Waals surface area contributed by atoms with Crippen LogP contribution in [0.15, 0.2) is 170 Å². The van der Waals surface area contributed by atoms with Crippen molar-refractivity contribution in [1.29, 1.82) is 0 Å². The Balaban J connectivity index is 0.00000689. The van der Waals surface area contributed by atoms with Crippen molar-refractivity contribution in [2.45, 2.75) is 65.1 Å². The zero-order valence-corrected chi connectivity index (χ0v) is 40.3. The maximum Gasteiger partial charge on any atom is 0.268 e. The van der Waals surface area contributed by atoms with E-state index in [1.165, 1.54) is 5.19 Å². The summed E-state index contributed by atoms with van der Waals surface area (Å²) in [6.07, 6.45) is 5.29. The van der Waals surface area contributed by atoms with Gasteiger partial charge in [-0.1, -0.05) is 185 Å². The molecule has 65 heavy (non-hydrogen) atoms. The molecule has 7 heteroatoms. The normalized spacial score (nSPS) is 14.1. The fourth-order valence-electron chi connectivity index (χ4n) is 9.03. The first-order chi connectivity index (χ1) is 35.3. The van der Waals surface area contributed by atoms with Crippen molar-refractivity contribution in [2.75, 3.05) is 0 Å². The van der Waals surface area contributed by atoms with Crippen molar-refractivity contribution < 1.29 is 44.1 Å². The fourth-order valence-corrected chi connectivity index (χ4v) is 12.6. The monoisotopic (exact) mass is 1050 g/mol. The van der Waals surface area contributed by atoms with Gasteiger partial charge in [-0.15, -0.1) is 29.7 Å². The predicted octanol–water partition coefficient (Wildman–Crippen LogP) is 13.9. The summed E-state index contributed by atoms with van der Waals surface area (Å²) in [6.45, 7) is 13.5. The maximum atomic E-state index is 9.04. The molecule has 326 valence electrons. The Bertz CT molecular complexity index is 3770. The number of ether oxygens (including phenoxy) is 1. The molecule has 0 aliphatic carbocycles. The molecule has 0 spiro atoms. The van der Waals surface area contributed by atoms with Crippen LogP contribution >= 0.6 is 0 Å². The second-order valence-corrected chi connectivity index (χ2v) is 22.4. The summed E-state index contributed by atoms with van der Waals surface area (Å²) < 4.78 is 99.4. The third-order valence-corrected chi connectivity index (χ3v) is 18.3. The predicted molar refractivity (Wildman–Crippen MR) is 266 cm³/mol. The van der Waals surface area contributed by atoms with Crippen molar-refractivity contribution in [3.8, 4) is 50.9 Å². The quantitative estimate of drug-likeness (QED) is 0.0735. The van der Waals surface area contributed by atoms with Crippen molar-refractivity contribution in [3.63, 3.8) is 0 Å². The molecule has 0 N–H and O–H groups in total. The molecule has 7 aromatic carbocycles. The molecule has 3 heterocycles. The zero-order valence-electron chi connectivity index (χ0n) is 47.0. The Morgan fingerprint density at radius 3 is 2.02 bits per heavy atom. The number of fused-ring (bicyclic) bond motifs is 4. The van der Waals surface area contributed by atoms with Gasteiger partial charge in [0.25, 0.3) is 6.33 Å². The Morgan fingerprint density at radius 1 is 0.677 bits per heavy atom. The molecule has 0 saturated carbocycles. The Hall–Kier alpha value is -6.33. The third kappa shape index (κ3) is 7.98. The van der Waals surface area contributed by atoms with Gasteiger partial charge < -0.3 is 13.9 Å². The van der Waals surface area contributed by atoms with Crippen LogP contribution in [0.25, 0.3) is 72.3 Å². The molecule has 0 bridgehead atoms. The van der Waals surface area contributed by atoms with Gasteiger partial charge in [-0.25, -0.2) is 4.98 Å². The number of pyridine rings is 1. The second-order valence-electron chi connectivity index (χ2n) is 17.1. The van der Waals surface area contributed by atoms with Gasteiger partial charge in [0.15, 0.2) is 0 Å². The zero-order chi connectivity index (χ0) is 52.7. The molecule has 0 aliphatic rings. The summed E-state index contributed by atoms with van der Waals surface area (Å²) in [5.74, 6) is 1.61. The van der Waals surface area contributed by atoms with Gasteiger partial charge in [-0.3, -0.25) is 4.57 Å². The first kappa shape index (κ1) is 33.2. The third-order valence-electron chi connectivity index (χ3n) is 12.7. The van der Waals surface area contributed by atoms with E-state index in [0.717, 1.165) is 51.3 Å². The Morgan fingerprint density at radius 2 is 1.34 bits per heavy atom. The van der Waals surface area contributed by atoms with E-state index in [4.69, 9.17) is 23.4 Å². The van der Waals surface area contributed by atoms with E-state index in [9.17, 15) is 0 Å². The van der Waals surface area contributed by atoms with E-state index in [1.54, 1.807) is 33.4 Å². The molecule has 0 fully saturated rings. The van der Waals surface area contributed by atoms with Gasteiger partial charge in [0.2, 0.25) is 0 Å². The number of rotatable bonds is 11. The van der Waals surface area contributed by atoms with Crippen LogP contribution < -0.4 is 14.5 Å². The van der Waals surface area contributed by atoms with Gasteiger partial charge >= 0.3 is 0 Å². The van der Waals surface area contributed by atoms with Crippen molar-refractivity contribution in [3.05, 3.63) is 194 Å². The van der Waals surface area contributed by atoms with Crippen LogP contribution in [0.1, 0.15) is 60.8 Å². The molecule has 5 nitrogen and oxygen atoms in total. The molecular weight excluding hydrogens is 992 g/mol. The number of benzene rings is 7. The SMILES string of the molecule is [2H]c1c([2H])c([2H])c(-c2cccc(-c3c([2H])c([2H])c([2H])c([2H])c3[2H])c2-[n+]2[c-]n(-c3[c-]c(Oc4[c-]c5c(cc4)c4cc([Si](CC)(CC)CC)ccc4n5-c4cc(C(C)(C)C)ccn4)ccc3)c3ccccc32)c([2H])c1[2H].[Pt]. The molecule has 0 aliphatic heterocycles. The largest absolute Gasteiger partial charge is 0.510 e. The fraction of sp³-hybridized carbons (Fsp3) is 0.172. The number of aromatic nitrogens is 4. The van der Waals surface area contributed by atoms with Gasteiger partial charge in [-0.2, -0.15) is 18.2 Å². The summed E-state index contributed by atoms with van der Waals surface area (Å²) in [7, 11) is -1.73. The summed E-state index contributed by atoms with van der Waals surface area (Å²) in [5, 5.41) is 3.61.